The summed E-state index contributed by atoms with van der Waals surface area (Å²) in [6, 6.07) is 5.79. The van der Waals surface area contributed by atoms with Crippen molar-refractivity contribution in [1.82, 2.24) is 5.32 Å². The molecule has 2 aliphatic heterocycles. The predicted molar refractivity (Wildman–Crippen MR) is 70.6 cm³/mol. The molecule has 1 saturated heterocycles. The Morgan fingerprint density at radius 3 is 2.72 bits per heavy atom. The number of para-hydroxylation sites is 1. The summed E-state index contributed by atoms with van der Waals surface area (Å²) in [7, 11) is 1.62. The van der Waals surface area contributed by atoms with E-state index in [4.69, 9.17) is 4.74 Å². The molecule has 2 N–H and O–H groups in total. The second-order valence-corrected chi connectivity index (χ2v) is 4.57. The standard InChI is InChI=1S/C14H16N2O2/c1-18-11-4-2-3-10-12(14(17)16-13(10)11)9-5-7-15-8-6-9/h2-4,15H,5-8H2,1H3,(H,16,17). The van der Waals surface area contributed by atoms with E-state index in [-0.39, 0.29) is 5.91 Å². The lowest BCUT2D eigenvalue weighted by molar-refractivity contribution is -0.110. The summed E-state index contributed by atoms with van der Waals surface area (Å²) >= 11 is 0. The van der Waals surface area contributed by atoms with Crippen molar-refractivity contribution in [2.24, 2.45) is 0 Å². The highest BCUT2D eigenvalue weighted by Crippen LogP contribution is 2.41. The molecule has 4 heteroatoms. The number of hydrogen-bond acceptors (Lipinski definition) is 3. The molecule has 0 atom stereocenters. The highest BCUT2D eigenvalue weighted by atomic mass is 16.5. The zero-order valence-electron chi connectivity index (χ0n) is 10.4. The molecular weight excluding hydrogens is 228 g/mol. The maximum atomic E-state index is 12.2. The van der Waals surface area contributed by atoms with Crippen molar-refractivity contribution in [3.8, 4) is 5.75 Å². The summed E-state index contributed by atoms with van der Waals surface area (Å²) in [5.41, 5.74) is 3.89. The third-order valence-corrected chi connectivity index (χ3v) is 3.54. The van der Waals surface area contributed by atoms with Crippen LogP contribution in [0.2, 0.25) is 0 Å². The van der Waals surface area contributed by atoms with Gasteiger partial charge >= 0.3 is 0 Å². The summed E-state index contributed by atoms with van der Waals surface area (Å²) in [6.45, 7) is 1.90. The number of ether oxygens (including phenoxy) is 1. The smallest absolute Gasteiger partial charge is 0.256 e. The molecule has 4 nitrogen and oxygen atoms in total. The molecule has 0 spiro atoms. The fourth-order valence-corrected chi connectivity index (χ4v) is 2.67. The number of benzene rings is 1. The number of fused-ring (bicyclic) bond motifs is 1. The molecule has 2 aliphatic rings. The number of rotatable bonds is 1. The normalized spacial score (nSPS) is 18.6. The van der Waals surface area contributed by atoms with Gasteiger partial charge in [0.2, 0.25) is 0 Å². The molecule has 18 heavy (non-hydrogen) atoms. The topological polar surface area (TPSA) is 50.4 Å². The van der Waals surface area contributed by atoms with Gasteiger partial charge in [0.15, 0.2) is 0 Å². The van der Waals surface area contributed by atoms with Gasteiger partial charge in [-0.05, 0) is 32.0 Å². The molecule has 0 radical (unpaired) electrons. The molecular formula is C14H16N2O2. The summed E-state index contributed by atoms with van der Waals surface area (Å²) in [6.07, 6.45) is 1.89. The van der Waals surface area contributed by atoms with Gasteiger partial charge in [0.25, 0.3) is 5.91 Å². The number of piperidine rings is 1. The monoisotopic (exact) mass is 244 g/mol. The van der Waals surface area contributed by atoms with Crippen LogP contribution in [0.1, 0.15) is 18.4 Å². The van der Waals surface area contributed by atoms with Crippen LogP contribution >= 0.6 is 0 Å². The highest BCUT2D eigenvalue weighted by Gasteiger charge is 2.29. The Labute approximate surface area is 106 Å². The largest absolute Gasteiger partial charge is 0.495 e. The third kappa shape index (κ3) is 1.69. The lowest BCUT2D eigenvalue weighted by Gasteiger charge is -2.17. The third-order valence-electron chi connectivity index (χ3n) is 3.54. The Kier molecular flexibility index (Phi) is 2.80. The average molecular weight is 244 g/mol. The number of carbonyl (C=O) groups excluding carboxylic acids is 1. The molecule has 0 saturated carbocycles. The van der Waals surface area contributed by atoms with Crippen molar-refractivity contribution < 1.29 is 9.53 Å². The maximum absolute atomic E-state index is 12.2. The van der Waals surface area contributed by atoms with Crippen molar-refractivity contribution in [2.75, 3.05) is 25.5 Å². The van der Waals surface area contributed by atoms with Gasteiger partial charge in [-0.3, -0.25) is 4.79 Å². The van der Waals surface area contributed by atoms with Crippen LogP contribution < -0.4 is 15.4 Å². The lowest BCUT2D eigenvalue weighted by Crippen LogP contribution is -2.24. The lowest BCUT2D eigenvalue weighted by atomic mass is 9.94. The van der Waals surface area contributed by atoms with E-state index >= 15 is 0 Å². The first-order valence-electron chi connectivity index (χ1n) is 6.22. The zero-order valence-corrected chi connectivity index (χ0v) is 10.4. The molecule has 3 rings (SSSR count). The summed E-state index contributed by atoms with van der Waals surface area (Å²) in [4.78, 5) is 12.2. The van der Waals surface area contributed by atoms with Gasteiger partial charge in [-0.25, -0.2) is 0 Å². The van der Waals surface area contributed by atoms with Gasteiger partial charge in [-0.2, -0.15) is 0 Å². The summed E-state index contributed by atoms with van der Waals surface area (Å²) < 4.78 is 5.29. The van der Waals surface area contributed by atoms with Gasteiger partial charge in [0.1, 0.15) is 5.75 Å². The van der Waals surface area contributed by atoms with E-state index in [2.05, 4.69) is 10.6 Å². The average Bonchev–Trinajstić information content (AvgIpc) is 2.75. The van der Waals surface area contributed by atoms with E-state index in [0.717, 1.165) is 48.5 Å². The van der Waals surface area contributed by atoms with Crippen LogP contribution in [0.5, 0.6) is 5.75 Å². The van der Waals surface area contributed by atoms with E-state index in [1.165, 1.54) is 5.57 Å². The molecule has 1 aromatic carbocycles. The Balaban J connectivity index is 2.12. The fourth-order valence-electron chi connectivity index (χ4n) is 2.67. The van der Waals surface area contributed by atoms with Crippen molar-refractivity contribution in [3.63, 3.8) is 0 Å². The number of methoxy groups -OCH3 is 1. The first kappa shape index (κ1) is 11.3. The van der Waals surface area contributed by atoms with E-state index in [1.54, 1.807) is 7.11 Å². The van der Waals surface area contributed by atoms with E-state index in [1.807, 2.05) is 18.2 Å². The highest BCUT2D eigenvalue weighted by molar-refractivity contribution is 6.32. The zero-order chi connectivity index (χ0) is 12.5. The van der Waals surface area contributed by atoms with Gasteiger partial charge < -0.3 is 15.4 Å². The van der Waals surface area contributed by atoms with Crippen molar-refractivity contribution in [1.29, 1.82) is 0 Å². The van der Waals surface area contributed by atoms with Crippen molar-refractivity contribution in [2.45, 2.75) is 12.8 Å². The Hall–Kier alpha value is -1.81. The van der Waals surface area contributed by atoms with Crippen LogP contribution in [0, 0.1) is 0 Å². The van der Waals surface area contributed by atoms with Gasteiger partial charge in [0.05, 0.1) is 12.8 Å². The molecule has 1 aromatic rings. The van der Waals surface area contributed by atoms with Crippen molar-refractivity contribution in [3.05, 3.63) is 29.3 Å². The van der Waals surface area contributed by atoms with E-state index in [0.29, 0.717) is 0 Å². The minimum Gasteiger partial charge on any atom is -0.495 e. The Bertz CT molecular complexity index is 527. The first-order chi connectivity index (χ1) is 8.81. The van der Waals surface area contributed by atoms with Gasteiger partial charge in [0, 0.05) is 11.1 Å². The van der Waals surface area contributed by atoms with Crippen molar-refractivity contribution >= 4 is 17.2 Å². The quantitative estimate of drug-likeness (QED) is 0.740. The van der Waals surface area contributed by atoms with Gasteiger partial charge in [-0.15, -0.1) is 0 Å². The molecule has 0 aromatic heterocycles. The Morgan fingerprint density at radius 1 is 1.22 bits per heavy atom. The number of anilines is 1. The van der Waals surface area contributed by atoms with Crippen LogP contribution in [0.15, 0.2) is 23.8 Å². The molecule has 0 aliphatic carbocycles. The predicted octanol–water partition coefficient (Wildman–Crippen LogP) is 1.78. The minimum absolute atomic E-state index is 0.00593. The minimum atomic E-state index is 0.00593. The second-order valence-electron chi connectivity index (χ2n) is 4.57. The van der Waals surface area contributed by atoms with Crippen LogP contribution in [-0.2, 0) is 4.79 Å². The molecule has 2 heterocycles. The SMILES string of the molecule is COc1cccc2c1NC(=O)C2=C1CCNCC1. The summed E-state index contributed by atoms with van der Waals surface area (Å²) in [5.74, 6) is 0.733. The van der Waals surface area contributed by atoms with Crippen LogP contribution in [-0.4, -0.2) is 26.1 Å². The van der Waals surface area contributed by atoms with E-state index < -0.39 is 0 Å². The fraction of sp³-hybridized carbons (Fsp3) is 0.357. The number of nitrogens with one attached hydrogen (secondary N) is 2. The molecule has 0 unspecified atom stereocenters. The number of amides is 1. The van der Waals surface area contributed by atoms with Gasteiger partial charge in [-0.1, -0.05) is 17.7 Å². The summed E-state index contributed by atoms with van der Waals surface area (Å²) in [5, 5.41) is 6.23. The maximum Gasteiger partial charge on any atom is 0.256 e. The van der Waals surface area contributed by atoms with Crippen LogP contribution in [0.3, 0.4) is 0 Å². The van der Waals surface area contributed by atoms with Crippen LogP contribution in [0.25, 0.3) is 5.57 Å². The first-order valence-corrected chi connectivity index (χ1v) is 6.22. The molecule has 1 amide bonds. The molecule has 94 valence electrons. The second kappa shape index (κ2) is 4.46. The number of hydrogen-bond donors (Lipinski definition) is 2. The Morgan fingerprint density at radius 2 is 2.00 bits per heavy atom. The molecule has 0 bridgehead atoms. The van der Waals surface area contributed by atoms with Crippen LogP contribution in [0.4, 0.5) is 5.69 Å². The molecule has 1 fully saturated rings. The van der Waals surface area contributed by atoms with E-state index in [9.17, 15) is 4.79 Å². The number of carbonyl (C=O) groups is 1.